The molecule has 0 heterocycles. The first-order valence-corrected chi connectivity index (χ1v) is 7.38. The van der Waals surface area contributed by atoms with E-state index in [1.807, 2.05) is 12.1 Å². The minimum absolute atomic E-state index is 0.164. The first kappa shape index (κ1) is 15.8. The van der Waals surface area contributed by atoms with Crippen LogP contribution in [0, 0.1) is 5.82 Å². The van der Waals surface area contributed by atoms with Crippen LogP contribution in [-0.2, 0) is 12.7 Å². The fourth-order valence-corrected chi connectivity index (χ4v) is 2.27. The van der Waals surface area contributed by atoms with Gasteiger partial charge in [0.2, 0.25) is 0 Å². The number of rotatable bonds is 5. The maximum Gasteiger partial charge on any atom is 0.418 e. The third-order valence-electron chi connectivity index (χ3n) is 3.69. The minimum Gasteiger partial charge on any atom is -0.355 e. The standard InChI is InChI=1S/C17H16F4N2/c18-12-3-8-16(15(9-12)17(19,20)21)23-14-4-1-11(2-5-14)10-22-13-6-7-13/h1-5,8-9,13,22-23H,6-7,10H2. The van der Waals surface area contributed by atoms with Gasteiger partial charge in [-0.05, 0) is 48.7 Å². The van der Waals surface area contributed by atoms with Crippen LogP contribution in [0.3, 0.4) is 0 Å². The zero-order valence-electron chi connectivity index (χ0n) is 12.3. The van der Waals surface area contributed by atoms with Crippen molar-refractivity contribution in [3.63, 3.8) is 0 Å². The van der Waals surface area contributed by atoms with Gasteiger partial charge >= 0.3 is 6.18 Å². The Hall–Kier alpha value is -2.08. The van der Waals surface area contributed by atoms with E-state index in [1.54, 1.807) is 12.1 Å². The highest BCUT2D eigenvalue weighted by atomic mass is 19.4. The van der Waals surface area contributed by atoms with Crippen molar-refractivity contribution >= 4 is 11.4 Å². The van der Waals surface area contributed by atoms with Gasteiger partial charge in [-0.3, -0.25) is 0 Å². The van der Waals surface area contributed by atoms with Crippen molar-refractivity contribution in [1.29, 1.82) is 0 Å². The lowest BCUT2D eigenvalue weighted by atomic mass is 10.1. The molecule has 0 spiro atoms. The quantitative estimate of drug-likeness (QED) is 0.769. The number of halogens is 4. The molecular formula is C17H16F4N2. The van der Waals surface area contributed by atoms with Crippen LogP contribution in [0.2, 0.25) is 0 Å². The van der Waals surface area contributed by atoms with E-state index in [0.717, 1.165) is 24.2 Å². The largest absolute Gasteiger partial charge is 0.418 e. The molecule has 0 radical (unpaired) electrons. The van der Waals surface area contributed by atoms with Gasteiger partial charge in [-0.2, -0.15) is 13.2 Å². The van der Waals surface area contributed by atoms with Crippen LogP contribution in [-0.4, -0.2) is 6.04 Å². The van der Waals surface area contributed by atoms with Gasteiger partial charge in [-0.25, -0.2) is 4.39 Å². The lowest BCUT2D eigenvalue weighted by Crippen LogP contribution is -2.15. The van der Waals surface area contributed by atoms with Crippen molar-refractivity contribution in [2.24, 2.45) is 0 Å². The van der Waals surface area contributed by atoms with Gasteiger partial charge in [0.05, 0.1) is 11.3 Å². The Morgan fingerprint density at radius 1 is 1.00 bits per heavy atom. The highest BCUT2D eigenvalue weighted by molar-refractivity contribution is 5.64. The molecule has 0 aromatic heterocycles. The third-order valence-corrected chi connectivity index (χ3v) is 3.69. The number of hydrogen-bond donors (Lipinski definition) is 2. The molecule has 0 amide bonds. The van der Waals surface area contributed by atoms with Crippen LogP contribution in [0.5, 0.6) is 0 Å². The lowest BCUT2D eigenvalue weighted by molar-refractivity contribution is -0.137. The molecule has 0 saturated heterocycles. The van der Waals surface area contributed by atoms with Gasteiger partial charge in [-0.15, -0.1) is 0 Å². The molecule has 1 aliphatic rings. The molecule has 2 N–H and O–H groups in total. The summed E-state index contributed by atoms with van der Waals surface area (Å²) in [5, 5.41) is 6.07. The van der Waals surface area contributed by atoms with Crippen LogP contribution in [0.4, 0.5) is 28.9 Å². The molecule has 0 aliphatic heterocycles. The summed E-state index contributed by atoms with van der Waals surface area (Å²) >= 11 is 0. The maximum atomic E-state index is 13.1. The molecule has 23 heavy (non-hydrogen) atoms. The van der Waals surface area contributed by atoms with Crippen molar-refractivity contribution < 1.29 is 17.6 Å². The van der Waals surface area contributed by atoms with Gasteiger partial charge < -0.3 is 10.6 Å². The van der Waals surface area contributed by atoms with Crippen molar-refractivity contribution in [3.05, 3.63) is 59.4 Å². The molecule has 3 rings (SSSR count). The molecule has 6 heteroatoms. The zero-order chi connectivity index (χ0) is 16.4. The Morgan fingerprint density at radius 3 is 2.30 bits per heavy atom. The number of hydrogen-bond acceptors (Lipinski definition) is 2. The summed E-state index contributed by atoms with van der Waals surface area (Å²) < 4.78 is 52.0. The van der Waals surface area contributed by atoms with Gasteiger partial charge in [-0.1, -0.05) is 12.1 Å². The molecule has 1 aliphatic carbocycles. The van der Waals surface area contributed by atoms with E-state index in [0.29, 0.717) is 17.8 Å². The number of anilines is 2. The number of benzene rings is 2. The monoisotopic (exact) mass is 324 g/mol. The Balaban J connectivity index is 1.73. The smallest absolute Gasteiger partial charge is 0.355 e. The van der Waals surface area contributed by atoms with E-state index >= 15 is 0 Å². The van der Waals surface area contributed by atoms with Crippen LogP contribution >= 0.6 is 0 Å². The fourth-order valence-electron chi connectivity index (χ4n) is 2.27. The summed E-state index contributed by atoms with van der Waals surface area (Å²) in [5.74, 6) is -0.913. The average molecular weight is 324 g/mol. The fraction of sp³-hybridized carbons (Fsp3) is 0.294. The van der Waals surface area contributed by atoms with Crippen LogP contribution < -0.4 is 10.6 Å². The lowest BCUT2D eigenvalue weighted by Gasteiger charge is -2.15. The molecule has 122 valence electrons. The summed E-state index contributed by atoms with van der Waals surface area (Å²) in [7, 11) is 0. The van der Waals surface area contributed by atoms with Crippen LogP contribution in [0.25, 0.3) is 0 Å². The summed E-state index contributed by atoms with van der Waals surface area (Å²) in [6.07, 6.45) is -2.21. The van der Waals surface area contributed by atoms with Crippen LogP contribution in [0.15, 0.2) is 42.5 Å². The summed E-state index contributed by atoms with van der Waals surface area (Å²) in [6.45, 7) is 0.745. The second-order valence-corrected chi connectivity index (χ2v) is 5.66. The SMILES string of the molecule is Fc1ccc(Nc2ccc(CNC3CC3)cc2)c(C(F)(F)F)c1. The van der Waals surface area contributed by atoms with Gasteiger partial charge in [0.1, 0.15) is 5.82 Å². The molecule has 0 bridgehead atoms. The Kier molecular flexibility index (Phi) is 4.26. The van der Waals surface area contributed by atoms with Crippen molar-refractivity contribution in [3.8, 4) is 0 Å². The highest BCUT2D eigenvalue weighted by Crippen LogP contribution is 2.36. The topological polar surface area (TPSA) is 24.1 Å². The first-order valence-electron chi connectivity index (χ1n) is 7.38. The number of alkyl halides is 3. The highest BCUT2D eigenvalue weighted by Gasteiger charge is 2.34. The molecule has 2 aromatic carbocycles. The predicted octanol–water partition coefficient (Wildman–Crippen LogP) is 4.84. The Labute approximate surface area is 131 Å². The van der Waals surface area contributed by atoms with E-state index in [1.165, 1.54) is 12.8 Å². The summed E-state index contributed by atoms with van der Waals surface area (Å²) in [5.41, 5.74) is 0.412. The van der Waals surface area contributed by atoms with Gasteiger partial charge in [0.25, 0.3) is 0 Å². The summed E-state index contributed by atoms with van der Waals surface area (Å²) in [6, 6.07) is 10.3. The van der Waals surface area contributed by atoms with E-state index in [-0.39, 0.29) is 5.69 Å². The molecule has 1 saturated carbocycles. The minimum atomic E-state index is -4.61. The molecule has 0 atom stereocenters. The molecule has 2 aromatic rings. The summed E-state index contributed by atoms with van der Waals surface area (Å²) in [4.78, 5) is 0. The van der Waals surface area contributed by atoms with Crippen molar-refractivity contribution in [2.75, 3.05) is 5.32 Å². The average Bonchev–Trinajstić information content (AvgIpc) is 3.32. The van der Waals surface area contributed by atoms with E-state index < -0.39 is 17.6 Å². The second-order valence-electron chi connectivity index (χ2n) is 5.66. The zero-order valence-corrected chi connectivity index (χ0v) is 12.3. The predicted molar refractivity (Wildman–Crippen MR) is 81.0 cm³/mol. The molecule has 2 nitrogen and oxygen atoms in total. The first-order chi connectivity index (χ1) is 10.9. The van der Waals surface area contributed by atoms with Crippen molar-refractivity contribution in [2.45, 2.75) is 31.6 Å². The van der Waals surface area contributed by atoms with E-state index in [4.69, 9.17) is 0 Å². The Morgan fingerprint density at radius 2 is 1.70 bits per heavy atom. The Bertz CT molecular complexity index is 676. The van der Waals surface area contributed by atoms with Gasteiger partial charge in [0, 0.05) is 18.3 Å². The number of nitrogens with one attached hydrogen (secondary N) is 2. The van der Waals surface area contributed by atoms with Gasteiger partial charge in [0.15, 0.2) is 0 Å². The maximum absolute atomic E-state index is 13.1. The second kappa shape index (κ2) is 6.20. The van der Waals surface area contributed by atoms with Crippen LogP contribution in [0.1, 0.15) is 24.0 Å². The molecule has 1 fully saturated rings. The van der Waals surface area contributed by atoms with Crippen molar-refractivity contribution in [1.82, 2.24) is 5.32 Å². The van der Waals surface area contributed by atoms with E-state index in [2.05, 4.69) is 10.6 Å². The third kappa shape index (κ3) is 4.22. The molecular weight excluding hydrogens is 308 g/mol. The molecule has 0 unspecified atom stereocenters. The van der Waals surface area contributed by atoms with E-state index in [9.17, 15) is 17.6 Å². The normalized spacial score (nSPS) is 14.8.